The van der Waals surface area contributed by atoms with Gasteiger partial charge in [-0.3, -0.25) is 0 Å². The minimum absolute atomic E-state index is 0.217. The lowest BCUT2D eigenvalue weighted by molar-refractivity contribution is 0.0987. The molecule has 162 valence electrons. The van der Waals surface area contributed by atoms with Crippen LogP contribution in [0.3, 0.4) is 0 Å². The summed E-state index contributed by atoms with van der Waals surface area (Å²) in [6, 6.07) is 14.1. The van der Waals surface area contributed by atoms with E-state index in [0.717, 1.165) is 12.8 Å². The van der Waals surface area contributed by atoms with E-state index in [1.807, 2.05) is 0 Å². The van der Waals surface area contributed by atoms with Gasteiger partial charge in [0.15, 0.2) is 0 Å². The lowest BCUT2D eigenvalue weighted by Gasteiger charge is -2.41. The molecule has 0 bridgehead atoms. The second kappa shape index (κ2) is 7.78. The fourth-order valence-electron chi connectivity index (χ4n) is 4.49. The third-order valence-corrected chi connectivity index (χ3v) is 8.02. The lowest BCUT2D eigenvalue weighted by Crippen LogP contribution is -2.48. The van der Waals surface area contributed by atoms with E-state index in [2.05, 4.69) is 30.0 Å². The zero-order valence-corrected chi connectivity index (χ0v) is 18.1. The number of aryl methyl sites for hydroxylation is 1. The second-order valence-corrected chi connectivity index (χ2v) is 10.1. The number of hydrogen-bond acceptors (Lipinski definition) is 6. The van der Waals surface area contributed by atoms with Crippen molar-refractivity contribution >= 4 is 26.7 Å². The topological polar surface area (TPSA) is 80.1 Å². The van der Waals surface area contributed by atoms with Crippen molar-refractivity contribution in [2.75, 3.05) is 24.7 Å². The average Bonchev–Trinajstić information content (AvgIpc) is 2.78. The molecule has 5 rings (SSSR count). The van der Waals surface area contributed by atoms with Crippen molar-refractivity contribution in [3.05, 3.63) is 70.1 Å². The molecular formula is C23H24N2O5S. The first-order chi connectivity index (χ1) is 14.9. The van der Waals surface area contributed by atoms with Gasteiger partial charge in [-0.1, -0.05) is 17.7 Å². The molecule has 0 unspecified atom stereocenters. The molecule has 0 radical (unpaired) electrons. The van der Waals surface area contributed by atoms with Crippen molar-refractivity contribution in [1.29, 1.82) is 0 Å². The van der Waals surface area contributed by atoms with Crippen molar-refractivity contribution < 1.29 is 17.6 Å². The Labute approximate surface area is 180 Å². The van der Waals surface area contributed by atoms with E-state index in [4.69, 9.17) is 9.15 Å². The predicted molar refractivity (Wildman–Crippen MR) is 118 cm³/mol. The van der Waals surface area contributed by atoms with Crippen LogP contribution >= 0.6 is 0 Å². The van der Waals surface area contributed by atoms with Crippen LogP contribution < -0.4 is 10.5 Å². The number of rotatable bonds is 3. The van der Waals surface area contributed by atoms with Crippen LogP contribution in [0, 0.1) is 6.92 Å². The highest BCUT2D eigenvalue weighted by atomic mass is 32.2. The summed E-state index contributed by atoms with van der Waals surface area (Å²) in [6.07, 6.45) is 1.47. The van der Waals surface area contributed by atoms with Crippen LogP contribution in [-0.4, -0.2) is 38.6 Å². The molecule has 0 N–H and O–H groups in total. The van der Waals surface area contributed by atoms with E-state index in [1.54, 1.807) is 22.5 Å². The normalized spacial score (nSPS) is 18.3. The van der Waals surface area contributed by atoms with Gasteiger partial charge in [-0.15, -0.1) is 0 Å². The molecular weight excluding hydrogens is 416 g/mol. The van der Waals surface area contributed by atoms with Gasteiger partial charge in [0.1, 0.15) is 12.3 Å². The molecule has 2 aliphatic heterocycles. The summed E-state index contributed by atoms with van der Waals surface area (Å²) < 4.78 is 38.9. The third-order valence-electron chi connectivity index (χ3n) is 6.13. The van der Waals surface area contributed by atoms with Crippen LogP contribution in [0.5, 0.6) is 0 Å². The zero-order valence-electron chi connectivity index (χ0n) is 17.3. The van der Waals surface area contributed by atoms with Gasteiger partial charge >= 0.3 is 5.63 Å². The molecule has 3 aromatic rings. The Morgan fingerprint density at radius 3 is 2.61 bits per heavy atom. The van der Waals surface area contributed by atoms with Gasteiger partial charge in [-0.05, 0) is 50.1 Å². The molecule has 0 spiro atoms. The SMILES string of the molecule is Cc1ccc2c(c1)COCN2C1CCN(S(=O)(=O)c2ccc3oc(=O)ccc3c2)CC1. The maximum Gasteiger partial charge on any atom is 0.336 e. The van der Waals surface area contributed by atoms with Gasteiger partial charge in [0.05, 0.1) is 11.5 Å². The summed E-state index contributed by atoms with van der Waals surface area (Å²) >= 11 is 0. The van der Waals surface area contributed by atoms with Gasteiger partial charge in [0.25, 0.3) is 0 Å². The Morgan fingerprint density at radius 2 is 1.81 bits per heavy atom. The van der Waals surface area contributed by atoms with E-state index in [9.17, 15) is 13.2 Å². The maximum atomic E-state index is 13.2. The van der Waals surface area contributed by atoms with Gasteiger partial charge < -0.3 is 14.1 Å². The highest BCUT2D eigenvalue weighted by molar-refractivity contribution is 7.89. The summed E-state index contributed by atoms with van der Waals surface area (Å²) in [7, 11) is -3.62. The van der Waals surface area contributed by atoms with Crippen molar-refractivity contribution in [2.45, 2.75) is 37.3 Å². The molecule has 8 heteroatoms. The zero-order chi connectivity index (χ0) is 21.6. The molecule has 0 aliphatic carbocycles. The standard InChI is InChI=1S/C23H24N2O5S/c1-16-2-5-21-18(12-16)14-29-15-25(21)19-8-10-24(11-9-19)31(27,28)20-4-6-22-17(13-20)3-7-23(26)30-22/h2-7,12-13,19H,8-11,14-15H2,1H3. The molecule has 0 atom stereocenters. The molecule has 2 aliphatic rings. The number of anilines is 1. The number of sulfonamides is 1. The van der Waals surface area contributed by atoms with Crippen LogP contribution in [0.2, 0.25) is 0 Å². The van der Waals surface area contributed by atoms with Gasteiger partial charge in [-0.2, -0.15) is 4.31 Å². The summed E-state index contributed by atoms with van der Waals surface area (Å²) in [4.78, 5) is 13.8. The number of ether oxygens (including phenoxy) is 1. The first-order valence-electron chi connectivity index (χ1n) is 10.4. The van der Waals surface area contributed by atoms with Gasteiger partial charge in [0, 0.05) is 41.8 Å². The molecule has 31 heavy (non-hydrogen) atoms. The fraction of sp³-hybridized carbons (Fsp3) is 0.348. The number of nitrogens with zero attached hydrogens (tertiary/aromatic N) is 2. The largest absolute Gasteiger partial charge is 0.423 e. The molecule has 2 aromatic carbocycles. The van der Waals surface area contributed by atoms with Crippen LogP contribution in [0.25, 0.3) is 11.0 Å². The van der Waals surface area contributed by atoms with Gasteiger partial charge in [-0.25, -0.2) is 13.2 Å². The quantitative estimate of drug-likeness (QED) is 0.582. The van der Waals surface area contributed by atoms with Crippen LogP contribution in [-0.2, 0) is 21.4 Å². The van der Waals surface area contributed by atoms with E-state index in [0.29, 0.717) is 37.4 Å². The summed E-state index contributed by atoms with van der Waals surface area (Å²) in [5.74, 6) is 0. The Morgan fingerprint density at radius 1 is 1.00 bits per heavy atom. The van der Waals surface area contributed by atoms with Crippen molar-refractivity contribution in [1.82, 2.24) is 4.31 Å². The monoisotopic (exact) mass is 440 g/mol. The third kappa shape index (κ3) is 3.75. The maximum absolute atomic E-state index is 13.2. The highest BCUT2D eigenvalue weighted by Crippen LogP contribution is 2.32. The number of benzene rings is 2. The molecule has 0 amide bonds. The smallest absolute Gasteiger partial charge is 0.336 e. The molecule has 1 aromatic heterocycles. The minimum Gasteiger partial charge on any atom is -0.423 e. The molecule has 7 nitrogen and oxygen atoms in total. The molecule has 0 saturated carbocycles. The van der Waals surface area contributed by atoms with Crippen molar-refractivity contribution in [3.63, 3.8) is 0 Å². The lowest BCUT2D eigenvalue weighted by atomic mass is 10.0. The number of hydrogen-bond donors (Lipinski definition) is 0. The number of fused-ring (bicyclic) bond motifs is 2. The Balaban J connectivity index is 1.34. The minimum atomic E-state index is -3.62. The van der Waals surface area contributed by atoms with Crippen molar-refractivity contribution in [3.8, 4) is 0 Å². The van der Waals surface area contributed by atoms with Crippen LogP contribution in [0.1, 0.15) is 24.0 Å². The van der Waals surface area contributed by atoms with Crippen LogP contribution in [0.15, 0.2) is 62.6 Å². The second-order valence-electron chi connectivity index (χ2n) is 8.17. The summed E-state index contributed by atoms with van der Waals surface area (Å²) in [5, 5.41) is 0.591. The first-order valence-corrected chi connectivity index (χ1v) is 11.8. The van der Waals surface area contributed by atoms with E-state index < -0.39 is 15.6 Å². The van der Waals surface area contributed by atoms with Crippen LogP contribution in [0.4, 0.5) is 5.69 Å². The number of piperidine rings is 1. The molecule has 3 heterocycles. The average molecular weight is 441 g/mol. The molecule has 1 fully saturated rings. The Kier molecular flexibility index (Phi) is 5.08. The predicted octanol–water partition coefficient (Wildman–Crippen LogP) is 3.25. The van der Waals surface area contributed by atoms with Gasteiger partial charge in [0.2, 0.25) is 10.0 Å². The van der Waals surface area contributed by atoms with E-state index in [1.165, 1.54) is 28.9 Å². The first kappa shape index (κ1) is 20.2. The van der Waals surface area contributed by atoms with Crippen molar-refractivity contribution in [2.24, 2.45) is 0 Å². The summed E-state index contributed by atoms with van der Waals surface area (Å²) in [6.45, 7) is 4.12. The fourth-order valence-corrected chi connectivity index (χ4v) is 5.99. The van der Waals surface area contributed by atoms with E-state index in [-0.39, 0.29) is 10.9 Å². The van der Waals surface area contributed by atoms with E-state index >= 15 is 0 Å². The Bertz CT molecular complexity index is 1290. The Hall–Kier alpha value is -2.68. The summed E-state index contributed by atoms with van der Waals surface area (Å²) in [5.41, 5.74) is 3.51. The highest BCUT2D eigenvalue weighted by Gasteiger charge is 2.33. The molecule has 1 saturated heterocycles.